The van der Waals surface area contributed by atoms with Gasteiger partial charge in [-0.25, -0.2) is 9.97 Å². The van der Waals surface area contributed by atoms with Gasteiger partial charge in [0.25, 0.3) is 0 Å². The molecule has 0 bridgehead atoms. The van der Waals surface area contributed by atoms with Gasteiger partial charge in [-0.3, -0.25) is 4.79 Å². The van der Waals surface area contributed by atoms with Crippen LogP contribution in [0, 0.1) is 0 Å². The zero-order chi connectivity index (χ0) is 12.0. The zero-order valence-corrected chi connectivity index (χ0v) is 10.9. The molecule has 1 aromatic rings. The van der Waals surface area contributed by atoms with Crippen LogP contribution in [0.4, 0.5) is 5.82 Å². The first-order valence-corrected chi connectivity index (χ1v) is 5.92. The average Bonchev–Trinajstić information content (AvgIpc) is 2.21. The average molecular weight is 287 g/mol. The van der Waals surface area contributed by atoms with Crippen molar-refractivity contribution in [2.24, 2.45) is 0 Å². The molecule has 0 saturated carbocycles. The number of aromatic nitrogens is 2. The van der Waals surface area contributed by atoms with Crippen LogP contribution in [-0.4, -0.2) is 28.5 Å². The Hall–Kier alpha value is -1.01. The van der Waals surface area contributed by atoms with Gasteiger partial charge in [0.1, 0.15) is 4.60 Å². The first kappa shape index (κ1) is 13.1. The highest BCUT2D eigenvalue weighted by Gasteiger charge is 2.08. The van der Waals surface area contributed by atoms with Crippen molar-refractivity contribution < 1.29 is 4.79 Å². The zero-order valence-electron chi connectivity index (χ0n) is 9.33. The summed E-state index contributed by atoms with van der Waals surface area (Å²) in [5.41, 5.74) is 0. The molecule has 1 aromatic heterocycles. The van der Waals surface area contributed by atoms with E-state index in [4.69, 9.17) is 0 Å². The van der Waals surface area contributed by atoms with Crippen LogP contribution in [0.5, 0.6) is 0 Å². The van der Waals surface area contributed by atoms with Crippen LogP contribution in [0.2, 0.25) is 0 Å². The summed E-state index contributed by atoms with van der Waals surface area (Å²) in [7, 11) is 0. The van der Waals surface area contributed by atoms with Crippen molar-refractivity contribution in [2.75, 3.05) is 11.9 Å². The van der Waals surface area contributed by atoms with Gasteiger partial charge < -0.3 is 10.6 Å². The summed E-state index contributed by atoms with van der Waals surface area (Å²) in [4.78, 5) is 19.5. The summed E-state index contributed by atoms with van der Waals surface area (Å²) in [5.74, 6) is 0.405. The molecule has 0 saturated heterocycles. The Morgan fingerprint density at radius 1 is 1.50 bits per heavy atom. The number of amides is 1. The topological polar surface area (TPSA) is 66.9 Å². The van der Waals surface area contributed by atoms with Crippen molar-refractivity contribution in [1.29, 1.82) is 0 Å². The van der Waals surface area contributed by atoms with Gasteiger partial charge in [-0.15, -0.1) is 0 Å². The summed E-state index contributed by atoms with van der Waals surface area (Å²) in [6.07, 6.45) is 3.48. The molecule has 0 aliphatic carbocycles. The lowest BCUT2D eigenvalue weighted by atomic mass is 10.2. The molecule has 88 valence electrons. The second kappa shape index (κ2) is 6.55. The SMILES string of the molecule is CCNC(C)CC(=O)Nc1cnc(Br)cn1. The Labute approximate surface area is 103 Å². The third-order valence-corrected chi connectivity index (χ3v) is 2.34. The van der Waals surface area contributed by atoms with Crippen molar-refractivity contribution in [3.63, 3.8) is 0 Å². The lowest BCUT2D eigenvalue weighted by Gasteiger charge is -2.11. The number of carbonyl (C=O) groups is 1. The smallest absolute Gasteiger partial charge is 0.227 e. The molecule has 1 amide bonds. The van der Waals surface area contributed by atoms with Gasteiger partial charge in [0.05, 0.1) is 12.4 Å². The third-order valence-electron chi connectivity index (χ3n) is 1.93. The van der Waals surface area contributed by atoms with E-state index in [9.17, 15) is 4.79 Å². The van der Waals surface area contributed by atoms with Gasteiger partial charge in [-0.05, 0) is 29.4 Å². The maximum atomic E-state index is 11.6. The van der Waals surface area contributed by atoms with Crippen LogP contribution in [0.3, 0.4) is 0 Å². The molecule has 2 N–H and O–H groups in total. The van der Waals surface area contributed by atoms with Crippen LogP contribution in [-0.2, 0) is 4.79 Å². The number of anilines is 1. The molecule has 6 heteroatoms. The molecular formula is C10H15BrN4O. The molecule has 16 heavy (non-hydrogen) atoms. The second-order valence-corrected chi connectivity index (χ2v) is 4.25. The molecule has 0 aliphatic rings. The van der Waals surface area contributed by atoms with Gasteiger partial charge in [0.15, 0.2) is 5.82 Å². The summed E-state index contributed by atoms with van der Waals surface area (Å²) >= 11 is 3.18. The molecule has 0 spiro atoms. The quantitative estimate of drug-likeness (QED) is 0.862. The lowest BCUT2D eigenvalue weighted by Crippen LogP contribution is -2.30. The molecule has 1 heterocycles. The van der Waals surface area contributed by atoms with Crippen molar-refractivity contribution in [3.05, 3.63) is 17.0 Å². The minimum atomic E-state index is -0.0647. The fraction of sp³-hybridized carbons (Fsp3) is 0.500. The number of nitrogens with one attached hydrogen (secondary N) is 2. The van der Waals surface area contributed by atoms with E-state index < -0.39 is 0 Å². The predicted molar refractivity (Wildman–Crippen MR) is 66.1 cm³/mol. The fourth-order valence-electron chi connectivity index (χ4n) is 1.27. The Balaban J connectivity index is 2.42. The molecule has 1 rings (SSSR count). The molecule has 0 aromatic carbocycles. The largest absolute Gasteiger partial charge is 0.314 e. The maximum absolute atomic E-state index is 11.6. The molecule has 1 atom stereocenters. The highest BCUT2D eigenvalue weighted by atomic mass is 79.9. The van der Waals surface area contributed by atoms with E-state index in [-0.39, 0.29) is 11.9 Å². The highest BCUT2D eigenvalue weighted by Crippen LogP contribution is 2.06. The number of carbonyl (C=O) groups excluding carboxylic acids is 1. The number of hydrogen-bond donors (Lipinski definition) is 2. The summed E-state index contributed by atoms with van der Waals surface area (Å²) in [6, 6.07) is 0.161. The second-order valence-electron chi connectivity index (χ2n) is 3.44. The molecule has 0 fully saturated rings. The normalized spacial score (nSPS) is 12.2. The fourth-order valence-corrected chi connectivity index (χ4v) is 1.47. The number of rotatable bonds is 5. The van der Waals surface area contributed by atoms with E-state index in [0.29, 0.717) is 16.8 Å². The maximum Gasteiger partial charge on any atom is 0.227 e. The number of hydrogen-bond acceptors (Lipinski definition) is 4. The molecule has 1 unspecified atom stereocenters. The van der Waals surface area contributed by atoms with E-state index in [1.54, 1.807) is 6.20 Å². The van der Waals surface area contributed by atoms with Crippen LogP contribution >= 0.6 is 15.9 Å². The monoisotopic (exact) mass is 286 g/mol. The molecule has 0 aliphatic heterocycles. The Morgan fingerprint density at radius 3 is 2.81 bits per heavy atom. The van der Waals surface area contributed by atoms with Gasteiger partial charge in [0.2, 0.25) is 5.91 Å². The van der Waals surface area contributed by atoms with Gasteiger partial charge in [0, 0.05) is 12.5 Å². The van der Waals surface area contributed by atoms with E-state index in [1.807, 2.05) is 13.8 Å². The lowest BCUT2D eigenvalue weighted by molar-refractivity contribution is -0.116. The van der Waals surface area contributed by atoms with E-state index in [1.165, 1.54) is 6.20 Å². The van der Waals surface area contributed by atoms with Gasteiger partial charge >= 0.3 is 0 Å². The first-order valence-electron chi connectivity index (χ1n) is 5.12. The third kappa shape index (κ3) is 4.67. The Morgan fingerprint density at radius 2 is 2.25 bits per heavy atom. The summed E-state index contributed by atoms with van der Waals surface area (Å²) in [5, 5.41) is 5.85. The Bertz CT molecular complexity index is 341. The van der Waals surface area contributed by atoms with Gasteiger partial charge in [-0.1, -0.05) is 6.92 Å². The first-order chi connectivity index (χ1) is 7.61. The van der Waals surface area contributed by atoms with Crippen molar-refractivity contribution in [1.82, 2.24) is 15.3 Å². The van der Waals surface area contributed by atoms with E-state index in [0.717, 1.165) is 6.54 Å². The van der Waals surface area contributed by atoms with Gasteiger partial charge in [-0.2, -0.15) is 0 Å². The predicted octanol–water partition coefficient (Wildman–Crippen LogP) is 1.57. The van der Waals surface area contributed by atoms with Crippen LogP contribution in [0.15, 0.2) is 17.0 Å². The van der Waals surface area contributed by atoms with Crippen LogP contribution in [0.1, 0.15) is 20.3 Å². The van der Waals surface area contributed by atoms with E-state index >= 15 is 0 Å². The van der Waals surface area contributed by atoms with E-state index in [2.05, 4.69) is 36.5 Å². The van der Waals surface area contributed by atoms with Crippen molar-refractivity contribution >= 4 is 27.7 Å². The standard InChI is InChI=1S/C10H15BrN4O/c1-3-12-7(2)4-10(16)15-9-6-13-8(11)5-14-9/h5-7,12H,3-4H2,1-2H3,(H,14,15,16). The van der Waals surface area contributed by atoms with Crippen LogP contribution < -0.4 is 10.6 Å². The molecular weight excluding hydrogens is 272 g/mol. The number of nitrogens with zero attached hydrogens (tertiary/aromatic N) is 2. The number of halogens is 1. The summed E-state index contributed by atoms with van der Waals surface area (Å²) < 4.78 is 0.645. The molecule has 0 radical (unpaired) electrons. The van der Waals surface area contributed by atoms with Crippen molar-refractivity contribution in [2.45, 2.75) is 26.3 Å². The highest BCUT2D eigenvalue weighted by molar-refractivity contribution is 9.10. The molecule has 5 nitrogen and oxygen atoms in total. The summed E-state index contributed by atoms with van der Waals surface area (Å²) in [6.45, 7) is 4.83. The van der Waals surface area contributed by atoms with Crippen LogP contribution in [0.25, 0.3) is 0 Å². The minimum absolute atomic E-state index is 0.0647. The Kier molecular flexibility index (Phi) is 5.34. The minimum Gasteiger partial charge on any atom is -0.314 e. The van der Waals surface area contributed by atoms with Crippen molar-refractivity contribution in [3.8, 4) is 0 Å².